The molecule has 0 radical (unpaired) electrons. The van der Waals surface area contributed by atoms with Crippen LogP contribution in [0.5, 0.6) is 11.5 Å². The lowest BCUT2D eigenvalue weighted by Gasteiger charge is -2.29. The van der Waals surface area contributed by atoms with Crippen LogP contribution in [-0.4, -0.2) is 16.9 Å². The second-order valence-corrected chi connectivity index (χ2v) is 8.86. The highest BCUT2D eigenvalue weighted by Crippen LogP contribution is 2.29. The van der Waals surface area contributed by atoms with E-state index in [4.69, 9.17) is 17.0 Å². The highest BCUT2D eigenvalue weighted by molar-refractivity contribution is 7.80. The molecule has 4 aromatic rings. The molecule has 1 aliphatic rings. The van der Waals surface area contributed by atoms with Gasteiger partial charge in [-0.3, -0.25) is 19.8 Å². The Balaban J connectivity index is 1.48. The fourth-order valence-corrected chi connectivity index (χ4v) is 4.63. The minimum Gasteiger partial charge on any atom is -0.457 e. The minimum absolute atomic E-state index is 0.0425. The Kier molecular flexibility index (Phi) is 6.60. The number of fused-ring (bicyclic) bond motifs is 1. The summed E-state index contributed by atoms with van der Waals surface area (Å²) in [7, 11) is 0. The zero-order chi connectivity index (χ0) is 25.1. The summed E-state index contributed by atoms with van der Waals surface area (Å²) in [6, 6.07) is 28.6. The SMILES string of the molecule is CCCc1c(/C=C2\C(=O)NC(=S)N(c3ccc(Oc4ccccc4)cc3)C2=O)ccc2ccccc12. The van der Waals surface area contributed by atoms with E-state index >= 15 is 0 Å². The summed E-state index contributed by atoms with van der Waals surface area (Å²) in [5.74, 6) is 0.378. The molecule has 5 rings (SSSR count). The molecule has 1 N–H and O–H groups in total. The molecule has 0 atom stereocenters. The first kappa shape index (κ1) is 23.5. The fourth-order valence-electron chi connectivity index (χ4n) is 4.35. The van der Waals surface area contributed by atoms with Gasteiger partial charge in [-0.25, -0.2) is 0 Å². The maximum Gasteiger partial charge on any atom is 0.270 e. The predicted octanol–water partition coefficient (Wildman–Crippen LogP) is 6.42. The van der Waals surface area contributed by atoms with Crippen LogP contribution in [-0.2, 0) is 16.0 Å². The monoisotopic (exact) mass is 492 g/mol. The molecular weight excluding hydrogens is 468 g/mol. The van der Waals surface area contributed by atoms with Gasteiger partial charge < -0.3 is 4.74 Å². The molecule has 0 saturated carbocycles. The number of thiocarbonyl (C=S) groups is 1. The molecule has 6 heteroatoms. The van der Waals surface area contributed by atoms with Crippen molar-refractivity contribution >= 4 is 51.7 Å². The Morgan fingerprint density at radius 2 is 1.56 bits per heavy atom. The highest BCUT2D eigenvalue weighted by Gasteiger charge is 2.34. The molecule has 4 aromatic carbocycles. The van der Waals surface area contributed by atoms with Crippen molar-refractivity contribution in [2.24, 2.45) is 0 Å². The smallest absolute Gasteiger partial charge is 0.270 e. The van der Waals surface area contributed by atoms with E-state index in [1.54, 1.807) is 30.3 Å². The van der Waals surface area contributed by atoms with Gasteiger partial charge in [-0.2, -0.15) is 0 Å². The number of nitrogens with one attached hydrogen (secondary N) is 1. The van der Waals surface area contributed by atoms with E-state index in [-0.39, 0.29) is 10.7 Å². The molecular formula is C30H24N2O3S. The topological polar surface area (TPSA) is 58.6 Å². The maximum absolute atomic E-state index is 13.5. The molecule has 36 heavy (non-hydrogen) atoms. The molecule has 1 saturated heterocycles. The van der Waals surface area contributed by atoms with Crippen molar-refractivity contribution in [2.45, 2.75) is 19.8 Å². The molecule has 178 valence electrons. The molecule has 0 spiro atoms. The number of aryl methyl sites for hydroxylation is 1. The number of nitrogens with zero attached hydrogens (tertiary/aromatic N) is 1. The molecule has 5 nitrogen and oxygen atoms in total. The number of ether oxygens (including phenoxy) is 1. The Morgan fingerprint density at radius 3 is 2.31 bits per heavy atom. The zero-order valence-electron chi connectivity index (χ0n) is 19.7. The minimum atomic E-state index is -0.499. The molecule has 0 bridgehead atoms. The summed E-state index contributed by atoms with van der Waals surface area (Å²) >= 11 is 5.36. The number of hydrogen-bond acceptors (Lipinski definition) is 4. The van der Waals surface area contributed by atoms with Gasteiger partial charge in [0.1, 0.15) is 17.1 Å². The summed E-state index contributed by atoms with van der Waals surface area (Å²) in [6.07, 6.45) is 3.45. The second-order valence-electron chi connectivity index (χ2n) is 8.47. The van der Waals surface area contributed by atoms with Crippen molar-refractivity contribution in [1.29, 1.82) is 0 Å². The third-order valence-electron chi connectivity index (χ3n) is 6.05. The lowest BCUT2D eigenvalue weighted by atomic mass is 9.94. The Hall–Kier alpha value is -4.29. The fraction of sp³-hybridized carbons (Fsp3) is 0.100. The normalized spacial score (nSPS) is 14.9. The molecule has 1 fully saturated rings. The lowest BCUT2D eigenvalue weighted by molar-refractivity contribution is -0.122. The highest BCUT2D eigenvalue weighted by atomic mass is 32.1. The van der Waals surface area contributed by atoms with E-state index < -0.39 is 11.8 Å². The van der Waals surface area contributed by atoms with Gasteiger partial charge in [-0.15, -0.1) is 0 Å². The average molecular weight is 493 g/mol. The quantitative estimate of drug-likeness (QED) is 0.192. The van der Waals surface area contributed by atoms with E-state index in [0.29, 0.717) is 17.2 Å². The number of anilines is 1. The third kappa shape index (κ3) is 4.63. The largest absolute Gasteiger partial charge is 0.457 e. The number of carbonyl (C=O) groups is 2. The van der Waals surface area contributed by atoms with Crippen LogP contribution >= 0.6 is 12.2 Å². The third-order valence-corrected chi connectivity index (χ3v) is 6.34. The van der Waals surface area contributed by atoms with Crippen molar-refractivity contribution in [2.75, 3.05) is 4.90 Å². The Bertz CT molecular complexity index is 1490. The number of hydrogen-bond donors (Lipinski definition) is 1. The first-order chi connectivity index (χ1) is 17.5. The molecule has 1 aliphatic heterocycles. The first-order valence-corrected chi connectivity index (χ1v) is 12.2. The number of amides is 2. The lowest BCUT2D eigenvalue weighted by Crippen LogP contribution is -2.54. The van der Waals surface area contributed by atoms with Crippen LogP contribution < -0.4 is 15.0 Å². The number of para-hydroxylation sites is 1. The van der Waals surface area contributed by atoms with Gasteiger partial charge in [0.15, 0.2) is 5.11 Å². The molecule has 0 aliphatic carbocycles. The van der Waals surface area contributed by atoms with Gasteiger partial charge in [-0.1, -0.05) is 67.9 Å². The summed E-state index contributed by atoms with van der Waals surface area (Å²) in [4.78, 5) is 27.7. The molecule has 2 amide bonds. The van der Waals surface area contributed by atoms with Crippen LogP contribution in [0.3, 0.4) is 0 Å². The van der Waals surface area contributed by atoms with Crippen molar-refractivity contribution in [1.82, 2.24) is 5.32 Å². The molecule has 1 heterocycles. The van der Waals surface area contributed by atoms with Crippen molar-refractivity contribution in [3.63, 3.8) is 0 Å². The Morgan fingerprint density at radius 1 is 0.861 bits per heavy atom. The van der Waals surface area contributed by atoms with Gasteiger partial charge in [-0.05, 0) is 83.0 Å². The second kappa shape index (κ2) is 10.1. The summed E-state index contributed by atoms with van der Waals surface area (Å²) in [5, 5.41) is 4.97. The van der Waals surface area contributed by atoms with Crippen LogP contribution in [0.2, 0.25) is 0 Å². The first-order valence-electron chi connectivity index (χ1n) is 11.8. The van der Waals surface area contributed by atoms with Crippen LogP contribution in [0.25, 0.3) is 16.8 Å². The van der Waals surface area contributed by atoms with Crippen LogP contribution in [0.4, 0.5) is 5.69 Å². The van der Waals surface area contributed by atoms with Crippen LogP contribution in [0, 0.1) is 0 Å². The summed E-state index contributed by atoms with van der Waals surface area (Å²) in [6.45, 7) is 2.11. The number of carbonyl (C=O) groups excluding carboxylic acids is 2. The van der Waals surface area contributed by atoms with Crippen molar-refractivity contribution < 1.29 is 14.3 Å². The standard InChI is InChI=1S/C30H24N2O3S/c1-2-8-25-21(14-13-20-9-6-7-12-26(20)25)19-27-28(33)31-30(36)32(29(27)34)22-15-17-24(18-16-22)35-23-10-4-3-5-11-23/h3-7,9-19H,2,8H2,1H3,(H,31,33,36)/b27-19+. The number of benzene rings is 4. The summed E-state index contributed by atoms with van der Waals surface area (Å²) < 4.78 is 5.85. The van der Waals surface area contributed by atoms with E-state index in [9.17, 15) is 9.59 Å². The van der Waals surface area contributed by atoms with E-state index in [1.165, 1.54) is 4.90 Å². The van der Waals surface area contributed by atoms with Gasteiger partial charge in [0, 0.05) is 0 Å². The number of rotatable bonds is 6. The van der Waals surface area contributed by atoms with Crippen LogP contribution in [0.1, 0.15) is 24.5 Å². The Labute approximate surface area is 215 Å². The van der Waals surface area contributed by atoms with Crippen LogP contribution in [0.15, 0.2) is 96.6 Å². The zero-order valence-corrected chi connectivity index (χ0v) is 20.5. The van der Waals surface area contributed by atoms with Crippen molar-refractivity contribution in [3.8, 4) is 11.5 Å². The van der Waals surface area contributed by atoms with E-state index in [0.717, 1.165) is 34.7 Å². The van der Waals surface area contributed by atoms with E-state index in [2.05, 4.69) is 24.4 Å². The average Bonchev–Trinajstić information content (AvgIpc) is 2.89. The molecule has 0 aromatic heterocycles. The summed E-state index contributed by atoms with van der Waals surface area (Å²) in [5.41, 5.74) is 2.56. The van der Waals surface area contributed by atoms with Gasteiger partial charge in [0.05, 0.1) is 5.69 Å². The molecule has 0 unspecified atom stereocenters. The van der Waals surface area contributed by atoms with Crippen molar-refractivity contribution in [3.05, 3.63) is 108 Å². The predicted molar refractivity (Wildman–Crippen MR) is 147 cm³/mol. The maximum atomic E-state index is 13.5. The van der Waals surface area contributed by atoms with Gasteiger partial charge in [0.25, 0.3) is 11.8 Å². The van der Waals surface area contributed by atoms with E-state index in [1.807, 2.05) is 54.6 Å². The van der Waals surface area contributed by atoms with Gasteiger partial charge >= 0.3 is 0 Å². The van der Waals surface area contributed by atoms with Gasteiger partial charge in [0.2, 0.25) is 0 Å².